The second-order valence-electron chi connectivity index (χ2n) is 5.67. The molecule has 0 unspecified atom stereocenters. The Balaban J connectivity index is 2.21. The van der Waals surface area contributed by atoms with Gasteiger partial charge in [0.15, 0.2) is 0 Å². The number of alkyl carbamates (subject to hydrolysis) is 1. The number of nitrogens with one attached hydrogen (secondary N) is 1. The van der Waals surface area contributed by atoms with Gasteiger partial charge in [-0.1, -0.05) is 30.3 Å². The van der Waals surface area contributed by atoms with E-state index in [1.165, 1.54) is 5.56 Å². The minimum atomic E-state index is -0.474. The average molecular weight is 264 g/mol. The van der Waals surface area contributed by atoms with Crippen LogP contribution < -0.4 is 11.1 Å². The molecule has 0 aliphatic carbocycles. The van der Waals surface area contributed by atoms with Gasteiger partial charge in [0.1, 0.15) is 5.60 Å². The van der Waals surface area contributed by atoms with Crippen molar-refractivity contribution >= 4 is 6.09 Å². The van der Waals surface area contributed by atoms with Gasteiger partial charge in [-0.25, -0.2) is 4.79 Å². The van der Waals surface area contributed by atoms with E-state index in [4.69, 9.17) is 10.5 Å². The minimum Gasteiger partial charge on any atom is -0.444 e. The molecular formula is C15H24N2O2. The predicted molar refractivity (Wildman–Crippen MR) is 77.0 cm³/mol. The molecule has 0 aromatic heterocycles. The molecule has 19 heavy (non-hydrogen) atoms. The summed E-state index contributed by atoms with van der Waals surface area (Å²) in [5.74, 6) is 0. The third-order valence-corrected chi connectivity index (χ3v) is 2.55. The number of rotatable bonds is 5. The van der Waals surface area contributed by atoms with Crippen LogP contribution in [0.25, 0.3) is 0 Å². The van der Waals surface area contributed by atoms with Crippen molar-refractivity contribution < 1.29 is 9.53 Å². The Morgan fingerprint density at radius 1 is 1.32 bits per heavy atom. The normalized spacial score (nSPS) is 12.8. The first-order valence-corrected chi connectivity index (χ1v) is 6.63. The molecule has 0 bridgehead atoms. The molecule has 0 fully saturated rings. The van der Waals surface area contributed by atoms with Gasteiger partial charge >= 0.3 is 6.09 Å². The summed E-state index contributed by atoms with van der Waals surface area (Å²) < 4.78 is 5.15. The fourth-order valence-electron chi connectivity index (χ4n) is 1.63. The van der Waals surface area contributed by atoms with Gasteiger partial charge in [0.05, 0.1) is 0 Å². The summed E-state index contributed by atoms with van der Waals surface area (Å²) in [6.07, 6.45) is 1.33. The highest BCUT2D eigenvalue weighted by Gasteiger charge is 2.16. The van der Waals surface area contributed by atoms with Crippen molar-refractivity contribution in [2.45, 2.75) is 45.3 Å². The summed E-state index contributed by atoms with van der Waals surface area (Å²) in [7, 11) is 0. The second-order valence-corrected chi connectivity index (χ2v) is 5.67. The minimum absolute atomic E-state index is 0.0623. The lowest BCUT2D eigenvalue weighted by Gasteiger charge is -2.20. The van der Waals surface area contributed by atoms with Crippen LogP contribution in [-0.2, 0) is 11.2 Å². The number of hydrogen-bond acceptors (Lipinski definition) is 3. The fourth-order valence-corrected chi connectivity index (χ4v) is 1.63. The number of ether oxygens (including phenoxy) is 1. The number of nitrogens with two attached hydrogens (primary N) is 1. The van der Waals surface area contributed by atoms with Crippen LogP contribution in [0.5, 0.6) is 0 Å². The van der Waals surface area contributed by atoms with Crippen LogP contribution >= 0.6 is 0 Å². The average Bonchev–Trinajstić information content (AvgIpc) is 2.33. The first-order chi connectivity index (χ1) is 8.87. The van der Waals surface area contributed by atoms with E-state index in [9.17, 15) is 4.79 Å². The number of carbonyl (C=O) groups is 1. The Bertz CT molecular complexity index is 385. The van der Waals surface area contributed by atoms with Crippen LogP contribution in [0.3, 0.4) is 0 Å². The van der Waals surface area contributed by atoms with Crippen molar-refractivity contribution in [3.8, 4) is 0 Å². The Kier molecular flexibility index (Phi) is 5.83. The molecule has 0 heterocycles. The van der Waals surface area contributed by atoms with Crippen LogP contribution in [-0.4, -0.2) is 24.3 Å². The van der Waals surface area contributed by atoms with Gasteiger partial charge in [-0.05, 0) is 39.2 Å². The quantitative estimate of drug-likeness (QED) is 0.858. The summed E-state index contributed by atoms with van der Waals surface area (Å²) >= 11 is 0. The molecule has 0 aliphatic rings. The summed E-state index contributed by atoms with van der Waals surface area (Å²) in [4.78, 5) is 11.4. The first kappa shape index (κ1) is 15.5. The molecule has 4 nitrogen and oxygen atoms in total. The molecule has 0 radical (unpaired) electrons. The van der Waals surface area contributed by atoms with Gasteiger partial charge in [0, 0.05) is 12.6 Å². The van der Waals surface area contributed by atoms with E-state index in [1.54, 1.807) is 0 Å². The highest BCUT2D eigenvalue weighted by molar-refractivity contribution is 5.67. The summed E-state index contributed by atoms with van der Waals surface area (Å²) in [6, 6.07) is 10.1. The molecule has 1 aromatic rings. The van der Waals surface area contributed by atoms with E-state index < -0.39 is 11.7 Å². The Morgan fingerprint density at radius 2 is 1.95 bits per heavy atom. The van der Waals surface area contributed by atoms with E-state index in [2.05, 4.69) is 17.4 Å². The van der Waals surface area contributed by atoms with Crippen molar-refractivity contribution in [2.75, 3.05) is 6.54 Å². The van der Waals surface area contributed by atoms with Crippen molar-refractivity contribution in [3.63, 3.8) is 0 Å². The number of carbonyl (C=O) groups excluding carboxylic acids is 1. The lowest BCUT2D eigenvalue weighted by molar-refractivity contribution is 0.0524. The van der Waals surface area contributed by atoms with Crippen molar-refractivity contribution in [1.29, 1.82) is 0 Å². The SMILES string of the molecule is CC(C)(C)OC(=O)NC[C@@H](N)CCc1ccccc1. The lowest BCUT2D eigenvalue weighted by Crippen LogP contribution is -2.40. The van der Waals surface area contributed by atoms with Crippen LogP contribution in [0.2, 0.25) is 0 Å². The summed E-state index contributed by atoms with van der Waals surface area (Å²) in [6.45, 7) is 5.94. The van der Waals surface area contributed by atoms with Crippen molar-refractivity contribution in [3.05, 3.63) is 35.9 Å². The summed E-state index contributed by atoms with van der Waals surface area (Å²) in [5.41, 5.74) is 6.75. The molecule has 0 aliphatic heterocycles. The van der Waals surface area contributed by atoms with Gasteiger partial charge in [-0.3, -0.25) is 0 Å². The van der Waals surface area contributed by atoms with Gasteiger partial charge in [0.25, 0.3) is 0 Å². The Morgan fingerprint density at radius 3 is 2.53 bits per heavy atom. The van der Waals surface area contributed by atoms with Gasteiger partial charge in [0.2, 0.25) is 0 Å². The Hall–Kier alpha value is -1.55. The van der Waals surface area contributed by atoms with Crippen molar-refractivity contribution in [2.24, 2.45) is 5.73 Å². The van der Waals surface area contributed by atoms with Gasteiger partial charge in [-0.2, -0.15) is 0 Å². The molecular weight excluding hydrogens is 240 g/mol. The van der Waals surface area contributed by atoms with E-state index in [1.807, 2.05) is 39.0 Å². The number of hydrogen-bond donors (Lipinski definition) is 2. The van der Waals surface area contributed by atoms with E-state index in [0.717, 1.165) is 12.8 Å². The van der Waals surface area contributed by atoms with E-state index >= 15 is 0 Å². The maximum Gasteiger partial charge on any atom is 0.407 e. The molecule has 106 valence electrons. The fraction of sp³-hybridized carbons (Fsp3) is 0.533. The largest absolute Gasteiger partial charge is 0.444 e. The molecule has 3 N–H and O–H groups in total. The lowest BCUT2D eigenvalue weighted by atomic mass is 10.1. The first-order valence-electron chi connectivity index (χ1n) is 6.63. The summed E-state index contributed by atoms with van der Waals surface area (Å²) in [5, 5.41) is 2.69. The number of amides is 1. The highest BCUT2D eigenvalue weighted by Crippen LogP contribution is 2.07. The third-order valence-electron chi connectivity index (χ3n) is 2.55. The number of benzene rings is 1. The van der Waals surface area contributed by atoms with E-state index in [0.29, 0.717) is 6.54 Å². The van der Waals surface area contributed by atoms with Gasteiger partial charge < -0.3 is 15.8 Å². The molecule has 0 spiro atoms. The zero-order valence-corrected chi connectivity index (χ0v) is 12.0. The van der Waals surface area contributed by atoms with Gasteiger partial charge in [-0.15, -0.1) is 0 Å². The zero-order chi connectivity index (χ0) is 14.3. The topological polar surface area (TPSA) is 64.3 Å². The molecule has 0 saturated carbocycles. The maximum atomic E-state index is 11.4. The third kappa shape index (κ3) is 7.47. The molecule has 4 heteroatoms. The second kappa shape index (κ2) is 7.14. The standard InChI is InChI=1S/C15H24N2O2/c1-15(2,3)19-14(18)17-11-13(16)10-9-12-7-5-4-6-8-12/h4-8,13H,9-11,16H2,1-3H3,(H,17,18)/t13-/m0/s1. The number of aryl methyl sites for hydroxylation is 1. The predicted octanol–water partition coefficient (Wildman–Crippen LogP) is 2.47. The molecule has 1 amide bonds. The van der Waals surface area contributed by atoms with Crippen molar-refractivity contribution in [1.82, 2.24) is 5.32 Å². The van der Waals surface area contributed by atoms with Crippen LogP contribution in [0.15, 0.2) is 30.3 Å². The van der Waals surface area contributed by atoms with Crippen LogP contribution in [0.4, 0.5) is 4.79 Å². The smallest absolute Gasteiger partial charge is 0.407 e. The van der Waals surface area contributed by atoms with E-state index in [-0.39, 0.29) is 6.04 Å². The molecule has 1 aromatic carbocycles. The zero-order valence-electron chi connectivity index (χ0n) is 12.0. The molecule has 0 saturated heterocycles. The van der Waals surface area contributed by atoms with Crippen LogP contribution in [0.1, 0.15) is 32.8 Å². The monoisotopic (exact) mass is 264 g/mol. The molecule has 1 rings (SSSR count). The van der Waals surface area contributed by atoms with Crippen LogP contribution in [0, 0.1) is 0 Å². The Labute approximate surface area is 115 Å². The molecule has 1 atom stereocenters. The maximum absolute atomic E-state index is 11.4. The highest BCUT2D eigenvalue weighted by atomic mass is 16.6.